The van der Waals surface area contributed by atoms with Crippen LogP contribution in [0.1, 0.15) is 24.8 Å². The molecule has 1 aromatic rings. The van der Waals surface area contributed by atoms with Crippen molar-refractivity contribution in [3.8, 4) is 6.07 Å². The average Bonchev–Trinajstić information content (AvgIpc) is 3.15. The number of nitrogens with one attached hydrogen (secondary N) is 1. The Bertz CT molecular complexity index is 418. The molecule has 0 radical (unpaired) electrons. The van der Waals surface area contributed by atoms with Crippen LogP contribution in [0.15, 0.2) is 24.3 Å². The Morgan fingerprint density at radius 2 is 2.29 bits per heavy atom. The van der Waals surface area contributed by atoms with Gasteiger partial charge in [0.05, 0.1) is 11.6 Å². The summed E-state index contributed by atoms with van der Waals surface area (Å²) in [5.74, 6) is 0. The van der Waals surface area contributed by atoms with Gasteiger partial charge in [-0.05, 0) is 42.9 Å². The summed E-state index contributed by atoms with van der Waals surface area (Å²) >= 11 is 0. The number of methoxy groups -OCH3 is 1. The molecule has 2 rings (SSSR count). The predicted molar refractivity (Wildman–Crippen MR) is 67.8 cm³/mol. The first-order chi connectivity index (χ1) is 8.28. The fourth-order valence-corrected chi connectivity index (χ4v) is 2.00. The zero-order valence-electron chi connectivity index (χ0n) is 10.2. The molecule has 0 spiro atoms. The topological polar surface area (TPSA) is 45.0 Å². The van der Waals surface area contributed by atoms with E-state index in [0.717, 1.165) is 25.3 Å². The van der Waals surface area contributed by atoms with Gasteiger partial charge in [-0.2, -0.15) is 5.26 Å². The van der Waals surface area contributed by atoms with E-state index in [9.17, 15) is 0 Å². The first kappa shape index (κ1) is 11.9. The van der Waals surface area contributed by atoms with Crippen molar-refractivity contribution in [2.45, 2.75) is 19.3 Å². The molecule has 17 heavy (non-hydrogen) atoms. The van der Waals surface area contributed by atoms with Gasteiger partial charge >= 0.3 is 0 Å². The Morgan fingerprint density at radius 3 is 2.94 bits per heavy atom. The number of anilines is 1. The monoisotopic (exact) mass is 230 g/mol. The summed E-state index contributed by atoms with van der Waals surface area (Å²) in [5, 5.41) is 12.2. The molecule has 1 aliphatic carbocycles. The summed E-state index contributed by atoms with van der Waals surface area (Å²) in [4.78, 5) is 0. The Labute approximate surface area is 102 Å². The lowest BCUT2D eigenvalue weighted by Crippen LogP contribution is -2.17. The zero-order valence-corrected chi connectivity index (χ0v) is 10.2. The molecule has 90 valence electrons. The molecule has 0 aromatic heterocycles. The molecule has 1 saturated carbocycles. The van der Waals surface area contributed by atoms with E-state index < -0.39 is 0 Å². The molecule has 0 aliphatic heterocycles. The molecule has 1 fully saturated rings. The van der Waals surface area contributed by atoms with Crippen LogP contribution in [0.4, 0.5) is 5.69 Å². The third kappa shape index (κ3) is 3.21. The number of benzene rings is 1. The lowest BCUT2D eigenvalue weighted by Gasteiger charge is -2.16. The van der Waals surface area contributed by atoms with Crippen molar-refractivity contribution in [2.24, 2.45) is 5.41 Å². The van der Waals surface area contributed by atoms with Gasteiger partial charge in [0.15, 0.2) is 0 Å². The van der Waals surface area contributed by atoms with Crippen LogP contribution in [0.3, 0.4) is 0 Å². The van der Waals surface area contributed by atoms with Gasteiger partial charge in [0, 0.05) is 25.9 Å². The quantitative estimate of drug-likeness (QED) is 0.817. The maximum Gasteiger partial charge on any atom is 0.0992 e. The van der Waals surface area contributed by atoms with E-state index in [2.05, 4.69) is 11.4 Å². The van der Waals surface area contributed by atoms with E-state index in [1.54, 1.807) is 7.11 Å². The fraction of sp³-hybridized carbons (Fsp3) is 0.500. The highest BCUT2D eigenvalue weighted by Crippen LogP contribution is 2.48. The first-order valence-corrected chi connectivity index (χ1v) is 6.01. The minimum absolute atomic E-state index is 0.429. The average molecular weight is 230 g/mol. The molecule has 0 bridgehead atoms. The number of hydrogen-bond donors (Lipinski definition) is 1. The van der Waals surface area contributed by atoms with E-state index in [1.165, 1.54) is 12.8 Å². The minimum Gasteiger partial charge on any atom is -0.385 e. The third-order valence-electron chi connectivity index (χ3n) is 3.45. The van der Waals surface area contributed by atoms with Gasteiger partial charge < -0.3 is 10.1 Å². The van der Waals surface area contributed by atoms with Crippen LogP contribution in [0.25, 0.3) is 0 Å². The van der Waals surface area contributed by atoms with Crippen LogP contribution >= 0.6 is 0 Å². The predicted octanol–water partition coefficient (Wildman–Crippen LogP) is 2.79. The summed E-state index contributed by atoms with van der Waals surface area (Å²) in [6, 6.07) is 9.79. The van der Waals surface area contributed by atoms with Crippen molar-refractivity contribution in [1.29, 1.82) is 5.26 Å². The normalized spacial score (nSPS) is 16.2. The summed E-state index contributed by atoms with van der Waals surface area (Å²) in [6.07, 6.45) is 3.68. The molecule has 3 nitrogen and oxygen atoms in total. The van der Waals surface area contributed by atoms with Gasteiger partial charge in [-0.1, -0.05) is 6.07 Å². The van der Waals surface area contributed by atoms with Gasteiger partial charge in [0.1, 0.15) is 0 Å². The van der Waals surface area contributed by atoms with E-state index in [4.69, 9.17) is 10.00 Å². The van der Waals surface area contributed by atoms with Crippen LogP contribution in [0, 0.1) is 16.7 Å². The highest BCUT2D eigenvalue weighted by molar-refractivity contribution is 5.49. The molecule has 1 aromatic carbocycles. The van der Waals surface area contributed by atoms with Crippen LogP contribution in [0.2, 0.25) is 0 Å². The number of nitriles is 1. The summed E-state index contributed by atoms with van der Waals surface area (Å²) < 4.78 is 5.14. The molecule has 0 heterocycles. The molecule has 3 heteroatoms. The number of ether oxygens (including phenoxy) is 1. The highest BCUT2D eigenvalue weighted by Gasteiger charge is 2.41. The van der Waals surface area contributed by atoms with E-state index >= 15 is 0 Å². The zero-order chi connectivity index (χ0) is 12.1. The van der Waals surface area contributed by atoms with Gasteiger partial charge in [-0.25, -0.2) is 0 Å². The molecular formula is C14H18N2O. The maximum atomic E-state index is 8.82. The molecule has 0 saturated heterocycles. The van der Waals surface area contributed by atoms with Crippen molar-refractivity contribution in [3.05, 3.63) is 29.8 Å². The maximum absolute atomic E-state index is 8.82. The van der Waals surface area contributed by atoms with E-state index in [1.807, 2.05) is 24.3 Å². The van der Waals surface area contributed by atoms with Crippen molar-refractivity contribution < 1.29 is 4.74 Å². The van der Waals surface area contributed by atoms with Crippen molar-refractivity contribution in [3.63, 3.8) is 0 Å². The van der Waals surface area contributed by atoms with Gasteiger partial charge in [0.25, 0.3) is 0 Å². The molecule has 0 amide bonds. The SMILES string of the molecule is COCCC1(CNc2cccc(C#N)c2)CC1. The van der Waals surface area contributed by atoms with E-state index in [0.29, 0.717) is 11.0 Å². The smallest absolute Gasteiger partial charge is 0.0992 e. The Kier molecular flexibility index (Phi) is 3.65. The Balaban J connectivity index is 1.87. The van der Waals surface area contributed by atoms with Crippen molar-refractivity contribution in [1.82, 2.24) is 0 Å². The number of hydrogen-bond acceptors (Lipinski definition) is 3. The van der Waals surface area contributed by atoms with Crippen LogP contribution in [-0.2, 0) is 4.74 Å². The molecule has 1 aliphatic rings. The van der Waals surface area contributed by atoms with E-state index in [-0.39, 0.29) is 0 Å². The lowest BCUT2D eigenvalue weighted by molar-refractivity contribution is 0.175. The van der Waals surface area contributed by atoms with Gasteiger partial charge in [-0.3, -0.25) is 0 Å². The molecule has 1 N–H and O–H groups in total. The standard InChI is InChI=1S/C14H18N2O/c1-17-8-7-14(5-6-14)11-16-13-4-2-3-12(9-13)10-15/h2-4,9,16H,5-8,11H2,1H3. The first-order valence-electron chi connectivity index (χ1n) is 6.01. The summed E-state index contributed by atoms with van der Waals surface area (Å²) in [7, 11) is 1.75. The molecule has 0 unspecified atom stereocenters. The van der Waals surface area contributed by atoms with Crippen LogP contribution in [-0.4, -0.2) is 20.3 Å². The fourth-order valence-electron chi connectivity index (χ4n) is 2.00. The van der Waals surface area contributed by atoms with Crippen LogP contribution in [0.5, 0.6) is 0 Å². The van der Waals surface area contributed by atoms with Gasteiger partial charge in [0.2, 0.25) is 0 Å². The Morgan fingerprint density at radius 1 is 1.47 bits per heavy atom. The molecule has 0 atom stereocenters. The second-order valence-electron chi connectivity index (χ2n) is 4.79. The molecular weight excluding hydrogens is 212 g/mol. The van der Waals surface area contributed by atoms with Crippen molar-refractivity contribution in [2.75, 3.05) is 25.6 Å². The highest BCUT2D eigenvalue weighted by atomic mass is 16.5. The van der Waals surface area contributed by atoms with Crippen molar-refractivity contribution >= 4 is 5.69 Å². The second kappa shape index (κ2) is 5.20. The van der Waals surface area contributed by atoms with Gasteiger partial charge in [-0.15, -0.1) is 0 Å². The van der Waals surface area contributed by atoms with Crippen LogP contribution < -0.4 is 5.32 Å². The lowest BCUT2D eigenvalue weighted by atomic mass is 10.0. The second-order valence-corrected chi connectivity index (χ2v) is 4.79. The summed E-state index contributed by atoms with van der Waals surface area (Å²) in [5.41, 5.74) is 2.17. The number of rotatable bonds is 6. The third-order valence-corrected chi connectivity index (χ3v) is 3.45. The minimum atomic E-state index is 0.429. The summed E-state index contributed by atoms with van der Waals surface area (Å²) in [6.45, 7) is 1.81. The number of nitrogens with zero attached hydrogens (tertiary/aromatic N) is 1. The Hall–Kier alpha value is -1.53. The largest absolute Gasteiger partial charge is 0.385 e.